The SMILES string of the molecule is COC(=O)c1scc(-c2ccc(OC)cc2)c1N1CC(C)(CN2CCN(Cc3ccccc3)CC2)C1=O. The van der Waals surface area contributed by atoms with Crippen molar-refractivity contribution in [3.63, 3.8) is 0 Å². The molecule has 0 bridgehead atoms. The molecule has 2 aromatic carbocycles. The number of thiophene rings is 1. The van der Waals surface area contributed by atoms with Crippen LogP contribution in [0, 0.1) is 5.41 Å². The first-order valence-corrected chi connectivity index (χ1v) is 13.4. The molecule has 3 aromatic rings. The van der Waals surface area contributed by atoms with Gasteiger partial charge in [0.05, 0.1) is 25.3 Å². The van der Waals surface area contributed by atoms with Crippen LogP contribution in [0.5, 0.6) is 5.75 Å². The number of benzene rings is 2. The topological polar surface area (TPSA) is 62.3 Å². The molecule has 194 valence electrons. The molecule has 1 unspecified atom stereocenters. The molecule has 2 aliphatic rings. The molecule has 5 rings (SSSR count). The van der Waals surface area contributed by atoms with E-state index < -0.39 is 11.4 Å². The van der Waals surface area contributed by atoms with Crippen LogP contribution in [0.15, 0.2) is 60.0 Å². The highest BCUT2D eigenvalue weighted by Crippen LogP contribution is 2.46. The molecule has 2 aliphatic heterocycles. The number of hydrogen-bond donors (Lipinski definition) is 0. The number of esters is 1. The van der Waals surface area contributed by atoms with Crippen LogP contribution in [0.2, 0.25) is 0 Å². The number of methoxy groups -OCH3 is 2. The lowest BCUT2D eigenvalue weighted by Crippen LogP contribution is -2.65. The van der Waals surface area contributed by atoms with Crippen molar-refractivity contribution in [2.24, 2.45) is 5.41 Å². The van der Waals surface area contributed by atoms with E-state index in [0.29, 0.717) is 17.1 Å². The van der Waals surface area contributed by atoms with Crippen LogP contribution in [-0.4, -0.2) is 75.2 Å². The van der Waals surface area contributed by atoms with Gasteiger partial charge in [0.1, 0.15) is 10.6 Å². The number of β-lactam (4-membered cyclic amide) rings is 1. The van der Waals surface area contributed by atoms with Crippen molar-refractivity contribution in [3.8, 4) is 16.9 Å². The van der Waals surface area contributed by atoms with Crippen molar-refractivity contribution in [3.05, 3.63) is 70.4 Å². The zero-order valence-electron chi connectivity index (χ0n) is 21.6. The Morgan fingerprint density at radius 2 is 1.65 bits per heavy atom. The van der Waals surface area contributed by atoms with Crippen molar-refractivity contribution in [2.75, 3.05) is 58.4 Å². The Hall–Kier alpha value is -3.20. The molecule has 2 fully saturated rings. The first-order chi connectivity index (χ1) is 17.9. The molecule has 0 radical (unpaired) electrons. The Labute approximate surface area is 222 Å². The van der Waals surface area contributed by atoms with Crippen molar-refractivity contribution < 1.29 is 19.1 Å². The minimum atomic E-state index is -0.478. The maximum atomic E-state index is 13.6. The summed E-state index contributed by atoms with van der Waals surface area (Å²) in [5, 5.41) is 1.93. The largest absolute Gasteiger partial charge is 0.497 e. The van der Waals surface area contributed by atoms with E-state index in [1.165, 1.54) is 24.0 Å². The van der Waals surface area contributed by atoms with Crippen LogP contribution in [0.1, 0.15) is 22.2 Å². The summed E-state index contributed by atoms with van der Waals surface area (Å²) in [6, 6.07) is 18.2. The summed E-state index contributed by atoms with van der Waals surface area (Å²) in [5.74, 6) is 0.387. The highest BCUT2D eigenvalue weighted by atomic mass is 32.1. The highest BCUT2D eigenvalue weighted by molar-refractivity contribution is 7.13. The van der Waals surface area contributed by atoms with Gasteiger partial charge in [0.2, 0.25) is 5.91 Å². The average molecular weight is 520 g/mol. The van der Waals surface area contributed by atoms with Gasteiger partial charge in [-0.05, 0) is 30.2 Å². The van der Waals surface area contributed by atoms with Gasteiger partial charge >= 0.3 is 5.97 Å². The van der Waals surface area contributed by atoms with Gasteiger partial charge in [0, 0.05) is 56.8 Å². The van der Waals surface area contributed by atoms with Crippen LogP contribution < -0.4 is 9.64 Å². The quantitative estimate of drug-likeness (QED) is 0.325. The minimum Gasteiger partial charge on any atom is -0.497 e. The highest BCUT2D eigenvalue weighted by Gasteiger charge is 2.51. The summed E-state index contributed by atoms with van der Waals surface area (Å²) in [4.78, 5) is 33.3. The van der Waals surface area contributed by atoms with Crippen molar-refractivity contribution in [2.45, 2.75) is 13.5 Å². The summed E-state index contributed by atoms with van der Waals surface area (Å²) >= 11 is 1.31. The summed E-state index contributed by atoms with van der Waals surface area (Å²) < 4.78 is 10.3. The molecule has 7 nitrogen and oxygen atoms in total. The van der Waals surface area contributed by atoms with E-state index in [4.69, 9.17) is 9.47 Å². The number of amides is 1. The molecule has 8 heteroatoms. The second-order valence-corrected chi connectivity index (χ2v) is 10.9. The smallest absolute Gasteiger partial charge is 0.350 e. The van der Waals surface area contributed by atoms with Gasteiger partial charge in [-0.2, -0.15) is 0 Å². The molecule has 3 heterocycles. The summed E-state index contributed by atoms with van der Waals surface area (Å²) in [5.41, 5.74) is 3.29. The number of carbonyl (C=O) groups is 2. The molecule has 0 saturated carbocycles. The standard InChI is InChI=1S/C29H33N3O4S/c1-29(19-31-15-13-30(14-16-31)17-21-7-5-4-6-8-21)20-32(28(29)34)25-24(18-37-26(25)27(33)36-3)22-9-11-23(35-2)12-10-22/h4-12,18H,13-17,19-20H2,1-3H3. The number of hydrogen-bond acceptors (Lipinski definition) is 7. The van der Waals surface area contributed by atoms with Gasteiger partial charge < -0.3 is 14.4 Å². The van der Waals surface area contributed by atoms with E-state index in [1.807, 2.05) is 42.6 Å². The lowest BCUT2D eigenvalue weighted by Gasteiger charge is -2.50. The van der Waals surface area contributed by atoms with Gasteiger partial charge in [-0.25, -0.2) is 4.79 Å². The molecular formula is C29H33N3O4S. The zero-order chi connectivity index (χ0) is 26.0. The minimum absolute atomic E-state index is 0.0533. The Balaban J connectivity index is 1.27. The van der Waals surface area contributed by atoms with E-state index >= 15 is 0 Å². The Kier molecular flexibility index (Phi) is 7.33. The maximum absolute atomic E-state index is 13.6. The second-order valence-electron chi connectivity index (χ2n) is 10.0. The molecule has 1 atom stereocenters. The molecule has 0 spiro atoms. The number of anilines is 1. The fourth-order valence-corrected chi connectivity index (χ4v) is 6.29. The van der Waals surface area contributed by atoms with Gasteiger partial charge in [-0.1, -0.05) is 42.5 Å². The van der Waals surface area contributed by atoms with E-state index in [0.717, 1.165) is 56.1 Å². The van der Waals surface area contributed by atoms with E-state index in [9.17, 15) is 9.59 Å². The summed E-state index contributed by atoms with van der Waals surface area (Å²) in [7, 11) is 3.00. The van der Waals surface area contributed by atoms with Crippen molar-refractivity contribution in [1.82, 2.24) is 9.80 Å². The lowest BCUT2D eigenvalue weighted by atomic mass is 9.79. The van der Waals surface area contributed by atoms with E-state index in [1.54, 1.807) is 12.0 Å². The van der Waals surface area contributed by atoms with Crippen LogP contribution in [0.25, 0.3) is 11.1 Å². The van der Waals surface area contributed by atoms with Crippen molar-refractivity contribution >= 4 is 28.9 Å². The third kappa shape index (κ3) is 5.14. The lowest BCUT2D eigenvalue weighted by molar-refractivity contribution is -0.135. The summed E-state index contributed by atoms with van der Waals surface area (Å²) in [6.07, 6.45) is 0. The number of rotatable bonds is 8. The van der Waals surface area contributed by atoms with Gasteiger partial charge in [-0.3, -0.25) is 14.6 Å². The summed E-state index contributed by atoms with van der Waals surface area (Å²) in [6.45, 7) is 8.15. The monoisotopic (exact) mass is 519 g/mol. The number of ether oxygens (including phenoxy) is 2. The Bertz CT molecular complexity index is 1250. The van der Waals surface area contributed by atoms with Crippen LogP contribution in [0.3, 0.4) is 0 Å². The molecule has 0 N–H and O–H groups in total. The predicted molar refractivity (Wildman–Crippen MR) is 146 cm³/mol. The van der Waals surface area contributed by atoms with Crippen molar-refractivity contribution in [1.29, 1.82) is 0 Å². The van der Waals surface area contributed by atoms with E-state index in [2.05, 4.69) is 34.1 Å². The zero-order valence-corrected chi connectivity index (χ0v) is 22.4. The molecule has 1 aromatic heterocycles. The molecular weight excluding hydrogens is 486 g/mol. The van der Waals surface area contributed by atoms with Crippen LogP contribution in [0.4, 0.5) is 5.69 Å². The molecule has 0 aliphatic carbocycles. The number of nitrogens with zero attached hydrogens (tertiary/aromatic N) is 3. The van der Waals surface area contributed by atoms with Gasteiger partial charge in [-0.15, -0.1) is 11.3 Å². The normalized spacial score (nSPS) is 20.5. The van der Waals surface area contributed by atoms with Gasteiger partial charge in [0.25, 0.3) is 0 Å². The average Bonchev–Trinajstić information content (AvgIpc) is 3.37. The van der Waals surface area contributed by atoms with Crippen LogP contribution >= 0.6 is 11.3 Å². The molecule has 37 heavy (non-hydrogen) atoms. The molecule has 1 amide bonds. The molecule has 2 saturated heterocycles. The first kappa shape index (κ1) is 25.4. The van der Waals surface area contributed by atoms with Gasteiger partial charge in [0.15, 0.2) is 0 Å². The maximum Gasteiger partial charge on any atom is 0.350 e. The predicted octanol–water partition coefficient (Wildman–Crippen LogP) is 4.38. The second kappa shape index (κ2) is 10.7. The fourth-order valence-electron chi connectivity index (χ4n) is 5.29. The number of carbonyl (C=O) groups excluding carboxylic acids is 2. The first-order valence-electron chi connectivity index (χ1n) is 12.6. The third-order valence-corrected chi connectivity index (χ3v) is 8.31. The van der Waals surface area contributed by atoms with E-state index in [-0.39, 0.29) is 5.91 Å². The Morgan fingerprint density at radius 3 is 2.27 bits per heavy atom. The Morgan fingerprint density at radius 1 is 0.973 bits per heavy atom. The van der Waals surface area contributed by atoms with Crippen LogP contribution in [-0.2, 0) is 16.1 Å². The fraction of sp³-hybridized carbons (Fsp3) is 0.379. The number of piperazine rings is 1. The third-order valence-electron chi connectivity index (χ3n) is 7.36.